The van der Waals surface area contributed by atoms with Crippen LogP contribution in [-0.4, -0.2) is 47.7 Å². The summed E-state index contributed by atoms with van der Waals surface area (Å²) in [4.78, 5) is 2.25. The van der Waals surface area contributed by atoms with E-state index in [1.54, 1.807) is 25.3 Å². The molecule has 0 aliphatic carbocycles. The Hall–Kier alpha value is -2.09. The lowest BCUT2D eigenvalue weighted by molar-refractivity contribution is 0.298. The van der Waals surface area contributed by atoms with Gasteiger partial charge in [-0.05, 0) is 55.6 Å². The molecule has 1 aliphatic rings. The number of methoxy groups -OCH3 is 1. The summed E-state index contributed by atoms with van der Waals surface area (Å²) in [5.41, 5.74) is 1.92. The van der Waals surface area contributed by atoms with E-state index >= 15 is 0 Å². The topological polar surface area (TPSA) is 67.9 Å². The van der Waals surface area contributed by atoms with E-state index in [2.05, 4.69) is 4.72 Å². The van der Waals surface area contributed by atoms with Gasteiger partial charge in [0.15, 0.2) is 0 Å². The molecule has 0 fully saturated rings. The minimum absolute atomic E-state index is 0.113. The van der Waals surface area contributed by atoms with Crippen molar-refractivity contribution in [3.63, 3.8) is 0 Å². The van der Waals surface area contributed by atoms with E-state index in [1.807, 2.05) is 43.3 Å². The minimum Gasteiger partial charge on any atom is -0.497 e. The van der Waals surface area contributed by atoms with Crippen LogP contribution in [0.2, 0.25) is 0 Å². The van der Waals surface area contributed by atoms with E-state index in [4.69, 9.17) is 9.47 Å². The first-order valence-electron chi connectivity index (χ1n) is 8.46. The summed E-state index contributed by atoms with van der Waals surface area (Å²) in [5.74, 6) is 1.52. The quantitative estimate of drug-likeness (QED) is 0.802. The minimum atomic E-state index is -3.60. The van der Waals surface area contributed by atoms with E-state index < -0.39 is 10.0 Å². The van der Waals surface area contributed by atoms with E-state index in [-0.39, 0.29) is 17.5 Å². The van der Waals surface area contributed by atoms with Crippen LogP contribution >= 0.6 is 0 Å². The summed E-state index contributed by atoms with van der Waals surface area (Å²) in [6, 6.07) is 12.6. The van der Waals surface area contributed by atoms with Gasteiger partial charge in [-0.1, -0.05) is 12.1 Å². The van der Waals surface area contributed by atoms with Crippen LogP contribution in [0.4, 0.5) is 0 Å². The molecule has 0 bridgehead atoms. The number of hydrogen-bond acceptors (Lipinski definition) is 5. The lowest BCUT2D eigenvalue weighted by Gasteiger charge is -2.25. The Morgan fingerprint density at radius 1 is 1.23 bits per heavy atom. The van der Waals surface area contributed by atoms with Crippen molar-refractivity contribution in [3.05, 3.63) is 53.6 Å². The van der Waals surface area contributed by atoms with E-state index in [0.29, 0.717) is 6.61 Å². The molecular weight excluding hydrogens is 352 g/mol. The second kappa shape index (κ2) is 7.65. The molecule has 1 aliphatic heterocycles. The molecule has 0 saturated heterocycles. The van der Waals surface area contributed by atoms with Crippen LogP contribution in [-0.2, 0) is 16.4 Å². The molecule has 1 N–H and O–H groups in total. The number of rotatable bonds is 7. The molecule has 3 rings (SSSR count). The van der Waals surface area contributed by atoms with Gasteiger partial charge in [0, 0.05) is 19.0 Å². The number of nitrogens with zero attached hydrogens (tertiary/aromatic N) is 1. The van der Waals surface area contributed by atoms with Gasteiger partial charge in [-0.25, -0.2) is 13.1 Å². The van der Waals surface area contributed by atoms with Crippen LogP contribution in [0.25, 0.3) is 0 Å². The predicted octanol–water partition coefficient (Wildman–Crippen LogP) is 2.21. The van der Waals surface area contributed by atoms with Crippen LogP contribution in [0.1, 0.15) is 17.2 Å². The van der Waals surface area contributed by atoms with Gasteiger partial charge in [-0.2, -0.15) is 0 Å². The smallest absolute Gasteiger partial charge is 0.240 e. The number of benzene rings is 2. The largest absolute Gasteiger partial charge is 0.497 e. The van der Waals surface area contributed by atoms with Crippen molar-refractivity contribution in [1.82, 2.24) is 9.62 Å². The predicted molar refractivity (Wildman–Crippen MR) is 100 cm³/mol. The normalized spacial score (nSPS) is 14.8. The van der Waals surface area contributed by atoms with Gasteiger partial charge in [-0.3, -0.25) is 0 Å². The number of hydrogen-bond donors (Lipinski definition) is 1. The molecule has 7 heteroatoms. The molecule has 0 saturated carbocycles. The molecule has 140 valence electrons. The van der Waals surface area contributed by atoms with Crippen molar-refractivity contribution in [2.24, 2.45) is 0 Å². The Balaban J connectivity index is 1.78. The summed E-state index contributed by atoms with van der Waals surface area (Å²) in [5, 5.41) is 0. The first kappa shape index (κ1) is 18.7. The zero-order chi connectivity index (χ0) is 18.7. The van der Waals surface area contributed by atoms with Crippen molar-refractivity contribution < 1.29 is 17.9 Å². The SMILES string of the molecule is COc1cccc(C(CNS(=O)(=O)c2ccc3c(c2)CCO3)N(C)C)c1. The third-order valence-corrected chi connectivity index (χ3v) is 5.96. The summed E-state index contributed by atoms with van der Waals surface area (Å²) < 4.78 is 38.9. The highest BCUT2D eigenvalue weighted by Crippen LogP contribution is 2.28. The van der Waals surface area contributed by atoms with Crippen LogP contribution in [0, 0.1) is 0 Å². The summed E-state index contributed by atoms with van der Waals surface area (Å²) in [7, 11) is 1.86. The first-order valence-corrected chi connectivity index (χ1v) is 9.95. The number of ether oxygens (including phenoxy) is 2. The summed E-state index contributed by atoms with van der Waals surface area (Å²) in [6.45, 7) is 0.862. The summed E-state index contributed by atoms with van der Waals surface area (Å²) >= 11 is 0. The van der Waals surface area contributed by atoms with Gasteiger partial charge in [0.05, 0.1) is 18.6 Å². The molecule has 2 aromatic rings. The maximum atomic E-state index is 12.7. The number of fused-ring (bicyclic) bond motifs is 1. The standard InChI is InChI=1S/C19H24N2O4S/c1-21(2)18(14-5-4-6-16(11-14)24-3)13-20-26(22,23)17-7-8-19-15(12-17)9-10-25-19/h4-8,11-12,18,20H,9-10,13H2,1-3H3. The lowest BCUT2D eigenvalue weighted by Crippen LogP contribution is -2.34. The summed E-state index contributed by atoms with van der Waals surface area (Å²) in [6.07, 6.45) is 0.739. The Labute approximate surface area is 154 Å². The molecule has 6 nitrogen and oxygen atoms in total. The van der Waals surface area contributed by atoms with E-state index in [9.17, 15) is 8.42 Å². The third-order valence-electron chi connectivity index (χ3n) is 4.54. The second-order valence-electron chi connectivity index (χ2n) is 6.48. The number of likely N-dealkylation sites (N-methyl/N-ethyl adjacent to an activating group) is 1. The molecule has 26 heavy (non-hydrogen) atoms. The molecule has 2 aromatic carbocycles. The van der Waals surface area contributed by atoms with Gasteiger partial charge in [0.2, 0.25) is 10.0 Å². The van der Waals surface area contributed by atoms with Crippen molar-refractivity contribution >= 4 is 10.0 Å². The number of nitrogens with one attached hydrogen (secondary N) is 1. The monoisotopic (exact) mass is 376 g/mol. The molecule has 0 spiro atoms. The zero-order valence-corrected chi connectivity index (χ0v) is 16.0. The fourth-order valence-electron chi connectivity index (χ4n) is 3.05. The van der Waals surface area contributed by atoms with Gasteiger partial charge in [-0.15, -0.1) is 0 Å². The zero-order valence-electron chi connectivity index (χ0n) is 15.2. The van der Waals surface area contributed by atoms with Crippen molar-refractivity contribution in [2.75, 3.05) is 34.4 Å². The van der Waals surface area contributed by atoms with Crippen molar-refractivity contribution in [2.45, 2.75) is 17.4 Å². The maximum absolute atomic E-state index is 12.7. The first-order chi connectivity index (χ1) is 12.4. The fourth-order valence-corrected chi connectivity index (χ4v) is 4.14. The Morgan fingerprint density at radius 3 is 2.77 bits per heavy atom. The van der Waals surface area contributed by atoms with E-state index in [1.165, 1.54) is 0 Å². The van der Waals surface area contributed by atoms with Gasteiger partial charge < -0.3 is 14.4 Å². The van der Waals surface area contributed by atoms with E-state index in [0.717, 1.165) is 29.0 Å². The maximum Gasteiger partial charge on any atom is 0.240 e. The molecule has 0 amide bonds. The van der Waals surface area contributed by atoms with Gasteiger partial charge in [0.1, 0.15) is 11.5 Å². The Bertz CT molecular complexity index is 881. The average molecular weight is 376 g/mol. The highest BCUT2D eigenvalue weighted by atomic mass is 32.2. The molecule has 1 heterocycles. The Morgan fingerprint density at radius 2 is 2.04 bits per heavy atom. The molecule has 0 aromatic heterocycles. The third kappa shape index (κ3) is 4.00. The average Bonchev–Trinajstić information content (AvgIpc) is 3.09. The molecule has 1 unspecified atom stereocenters. The molecular formula is C19H24N2O4S. The van der Waals surface area contributed by atoms with Gasteiger partial charge in [0.25, 0.3) is 0 Å². The van der Waals surface area contributed by atoms with Crippen molar-refractivity contribution in [3.8, 4) is 11.5 Å². The Kier molecular flexibility index (Phi) is 5.50. The highest BCUT2D eigenvalue weighted by Gasteiger charge is 2.22. The molecule has 1 atom stereocenters. The van der Waals surface area contributed by atoms with Crippen LogP contribution < -0.4 is 14.2 Å². The van der Waals surface area contributed by atoms with Gasteiger partial charge >= 0.3 is 0 Å². The number of sulfonamides is 1. The molecule has 0 radical (unpaired) electrons. The van der Waals surface area contributed by atoms with Crippen LogP contribution in [0.5, 0.6) is 11.5 Å². The van der Waals surface area contributed by atoms with Crippen LogP contribution in [0.15, 0.2) is 47.4 Å². The fraction of sp³-hybridized carbons (Fsp3) is 0.368. The lowest BCUT2D eigenvalue weighted by atomic mass is 10.1. The highest BCUT2D eigenvalue weighted by molar-refractivity contribution is 7.89. The second-order valence-corrected chi connectivity index (χ2v) is 8.24. The van der Waals surface area contributed by atoms with Crippen LogP contribution in [0.3, 0.4) is 0 Å². The van der Waals surface area contributed by atoms with Crippen molar-refractivity contribution in [1.29, 1.82) is 0 Å².